The van der Waals surface area contributed by atoms with Crippen molar-refractivity contribution in [1.82, 2.24) is 0 Å². The first-order valence-corrected chi connectivity index (χ1v) is 6.67. The fourth-order valence-electron chi connectivity index (χ4n) is 1.76. The first-order valence-electron chi connectivity index (χ1n) is 5.88. The Kier molecular flexibility index (Phi) is 5.00. The molecule has 90 valence electrons. The molecule has 0 bridgehead atoms. The minimum absolute atomic E-state index is 0.392. The predicted octanol–water partition coefficient (Wildman–Crippen LogP) is 4.32. The smallest absolute Gasteiger partial charge is 0.0175 e. The van der Waals surface area contributed by atoms with E-state index >= 15 is 0 Å². The van der Waals surface area contributed by atoms with E-state index in [1.165, 1.54) is 18.4 Å². The van der Waals surface area contributed by atoms with Crippen LogP contribution in [-0.2, 0) is 0 Å². The van der Waals surface area contributed by atoms with E-state index in [2.05, 4.69) is 61.0 Å². The lowest BCUT2D eigenvalue weighted by molar-refractivity contribution is 0.349. The van der Waals surface area contributed by atoms with Crippen molar-refractivity contribution in [2.45, 2.75) is 39.5 Å². The number of nitrogens with two attached hydrogens (primary N) is 1. The molecule has 0 amide bonds. The Hall–Kier alpha value is -0.340. The molecule has 1 rings (SSSR count). The minimum atomic E-state index is 0.392. The molecule has 0 fully saturated rings. The van der Waals surface area contributed by atoms with Crippen LogP contribution < -0.4 is 5.73 Å². The maximum absolute atomic E-state index is 5.86. The van der Waals surface area contributed by atoms with Crippen LogP contribution in [0.25, 0.3) is 0 Å². The van der Waals surface area contributed by atoms with Crippen LogP contribution in [0.3, 0.4) is 0 Å². The summed E-state index contributed by atoms with van der Waals surface area (Å²) in [5.74, 6) is 0.493. The van der Waals surface area contributed by atoms with Gasteiger partial charge in [-0.3, -0.25) is 0 Å². The fourth-order valence-corrected chi connectivity index (χ4v) is 2.03. The largest absolute Gasteiger partial charge is 0.330 e. The van der Waals surface area contributed by atoms with Crippen LogP contribution in [0.2, 0.25) is 0 Å². The maximum Gasteiger partial charge on any atom is 0.0175 e. The lowest BCUT2D eigenvalue weighted by atomic mass is 9.84. The van der Waals surface area contributed by atoms with Gasteiger partial charge in [0.1, 0.15) is 0 Å². The topological polar surface area (TPSA) is 26.0 Å². The van der Waals surface area contributed by atoms with Gasteiger partial charge in [-0.25, -0.2) is 0 Å². The second kappa shape index (κ2) is 5.83. The van der Waals surface area contributed by atoms with Crippen molar-refractivity contribution in [1.29, 1.82) is 0 Å². The van der Waals surface area contributed by atoms with Crippen LogP contribution in [0.1, 0.15) is 45.1 Å². The van der Waals surface area contributed by atoms with Gasteiger partial charge in [0.15, 0.2) is 0 Å². The summed E-state index contributed by atoms with van der Waals surface area (Å²) in [6.07, 6.45) is 2.38. The first kappa shape index (κ1) is 13.7. The van der Waals surface area contributed by atoms with E-state index in [1.54, 1.807) is 0 Å². The highest BCUT2D eigenvalue weighted by molar-refractivity contribution is 9.10. The van der Waals surface area contributed by atoms with Gasteiger partial charge in [0.05, 0.1) is 0 Å². The second-order valence-electron chi connectivity index (χ2n) is 5.58. The van der Waals surface area contributed by atoms with Crippen LogP contribution in [0.5, 0.6) is 0 Å². The zero-order chi connectivity index (χ0) is 12.2. The van der Waals surface area contributed by atoms with Gasteiger partial charge >= 0.3 is 0 Å². The van der Waals surface area contributed by atoms with Gasteiger partial charge < -0.3 is 5.73 Å². The Bertz CT molecular complexity index is 311. The average Bonchev–Trinajstić information content (AvgIpc) is 2.20. The predicted molar refractivity (Wildman–Crippen MR) is 74.6 cm³/mol. The number of hydrogen-bond acceptors (Lipinski definition) is 1. The third-order valence-corrected chi connectivity index (χ3v) is 3.40. The molecule has 0 heterocycles. The molecule has 0 aromatic heterocycles. The molecule has 1 nitrogen and oxygen atoms in total. The molecule has 2 heteroatoms. The van der Waals surface area contributed by atoms with Crippen molar-refractivity contribution >= 4 is 15.9 Å². The van der Waals surface area contributed by atoms with Crippen molar-refractivity contribution in [3.05, 3.63) is 34.3 Å². The molecular formula is C14H22BrN. The summed E-state index contributed by atoms with van der Waals surface area (Å²) in [5.41, 5.74) is 7.61. The second-order valence-corrected chi connectivity index (χ2v) is 6.50. The molecule has 0 aliphatic carbocycles. The van der Waals surface area contributed by atoms with Gasteiger partial charge in [-0.05, 0) is 48.4 Å². The highest BCUT2D eigenvalue weighted by Crippen LogP contribution is 2.28. The molecule has 1 unspecified atom stereocenters. The molecule has 0 radical (unpaired) electrons. The van der Waals surface area contributed by atoms with Gasteiger partial charge in [0.2, 0.25) is 0 Å². The van der Waals surface area contributed by atoms with Crippen molar-refractivity contribution < 1.29 is 0 Å². The zero-order valence-corrected chi connectivity index (χ0v) is 12.0. The number of halogens is 1. The summed E-state index contributed by atoms with van der Waals surface area (Å²) in [7, 11) is 0. The minimum Gasteiger partial charge on any atom is -0.330 e. The summed E-state index contributed by atoms with van der Waals surface area (Å²) >= 11 is 3.46. The van der Waals surface area contributed by atoms with E-state index in [1.807, 2.05) is 0 Å². The summed E-state index contributed by atoms with van der Waals surface area (Å²) in [6.45, 7) is 7.57. The average molecular weight is 284 g/mol. The Morgan fingerprint density at radius 2 is 1.75 bits per heavy atom. The highest BCUT2D eigenvalue weighted by atomic mass is 79.9. The van der Waals surface area contributed by atoms with Crippen LogP contribution in [0.15, 0.2) is 28.7 Å². The molecule has 0 aliphatic heterocycles. The van der Waals surface area contributed by atoms with E-state index in [-0.39, 0.29) is 0 Å². The summed E-state index contributed by atoms with van der Waals surface area (Å²) in [6, 6.07) is 8.53. The fraction of sp³-hybridized carbons (Fsp3) is 0.571. The highest BCUT2D eigenvalue weighted by Gasteiger charge is 2.15. The van der Waals surface area contributed by atoms with Crippen LogP contribution in [0.4, 0.5) is 0 Å². The third-order valence-electron chi connectivity index (χ3n) is 2.87. The Morgan fingerprint density at radius 1 is 1.19 bits per heavy atom. The van der Waals surface area contributed by atoms with Crippen LogP contribution in [-0.4, -0.2) is 6.54 Å². The van der Waals surface area contributed by atoms with Crippen molar-refractivity contribution in [3.8, 4) is 0 Å². The van der Waals surface area contributed by atoms with Gasteiger partial charge in [0.25, 0.3) is 0 Å². The quantitative estimate of drug-likeness (QED) is 0.875. The van der Waals surface area contributed by atoms with Crippen LogP contribution in [0, 0.1) is 5.41 Å². The van der Waals surface area contributed by atoms with Gasteiger partial charge in [-0.15, -0.1) is 0 Å². The lowest BCUT2D eigenvalue weighted by Gasteiger charge is -2.22. The summed E-state index contributed by atoms with van der Waals surface area (Å²) in [4.78, 5) is 0. The van der Waals surface area contributed by atoms with E-state index < -0.39 is 0 Å². The van der Waals surface area contributed by atoms with Crippen molar-refractivity contribution in [2.75, 3.05) is 6.54 Å². The van der Waals surface area contributed by atoms with Crippen molar-refractivity contribution in [2.24, 2.45) is 11.1 Å². The molecule has 16 heavy (non-hydrogen) atoms. The standard InChI is InChI=1S/C14H22BrN/c1-14(2,3)9-8-12(10-16)11-4-6-13(15)7-5-11/h4-7,12H,8-10,16H2,1-3H3. The zero-order valence-electron chi connectivity index (χ0n) is 10.5. The number of benzene rings is 1. The molecular weight excluding hydrogens is 262 g/mol. The number of rotatable bonds is 4. The molecule has 1 aromatic carbocycles. The summed E-state index contributed by atoms with van der Waals surface area (Å²) in [5, 5.41) is 0. The molecule has 0 spiro atoms. The van der Waals surface area contributed by atoms with Crippen LogP contribution >= 0.6 is 15.9 Å². The Labute approximate surface area is 108 Å². The third kappa shape index (κ3) is 4.67. The molecule has 1 aromatic rings. The van der Waals surface area contributed by atoms with Gasteiger partial charge in [-0.2, -0.15) is 0 Å². The monoisotopic (exact) mass is 283 g/mol. The summed E-state index contributed by atoms with van der Waals surface area (Å²) < 4.78 is 1.13. The van der Waals surface area contributed by atoms with E-state index in [4.69, 9.17) is 5.73 Å². The molecule has 2 N–H and O–H groups in total. The molecule has 0 aliphatic rings. The first-order chi connectivity index (χ1) is 7.42. The van der Waals surface area contributed by atoms with E-state index in [0.29, 0.717) is 11.3 Å². The lowest BCUT2D eigenvalue weighted by Crippen LogP contribution is -2.15. The molecule has 0 saturated carbocycles. The SMILES string of the molecule is CC(C)(C)CCC(CN)c1ccc(Br)cc1. The molecule has 0 saturated heterocycles. The number of hydrogen-bond donors (Lipinski definition) is 1. The Balaban J connectivity index is 2.64. The van der Waals surface area contributed by atoms with E-state index in [0.717, 1.165) is 11.0 Å². The van der Waals surface area contributed by atoms with Gasteiger partial charge in [0, 0.05) is 4.47 Å². The normalized spacial score (nSPS) is 13.8. The van der Waals surface area contributed by atoms with Crippen molar-refractivity contribution in [3.63, 3.8) is 0 Å². The van der Waals surface area contributed by atoms with E-state index in [9.17, 15) is 0 Å². The maximum atomic E-state index is 5.86. The van der Waals surface area contributed by atoms with Gasteiger partial charge in [-0.1, -0.05) is 48.8 Å². The molecule has 1 atom stereocenters. The Morgan fingerprint density at radius 3 is 2.19 bits per heavy atom.